The zero-order valence-corrected chi connectivity index (χ0v) is 15.4. The lowest BCUT2D eigenvalue weighted by atomic mass is 9.65. The lowest BCUT2D eigenvalue weighted by Crippen LogP contribution is -2.63. The number of anilines is 1. The molecule has 0 bridgehead atoms. The van der Waals surface area contributed by atoms with E-state index in [4.69, 9.17) is 0 Å². The first kappa shape index (κ1) is 15.7. The molecule has 2 heterocycles. The SMILES string of the molecule is C=C1CCCC[C@@]23N(C(C)=O)CC[C@@]12c1c(C)cc(C)cc1N3C. The van der Waals surface area contributed by atoms with Crippen molar-refractivity contribution in [3.8, 4) is 0 Å². The smallest absolute Gasteiger partial charge is 0.221 e. The minimum atomic E-state index is -0.257. The lowest BCUT2D eigenvalue weighted by Gasteiger charge is -2.49. The molecule has 0 aromatic heterocycles. The van der Waals surface area contributed by atoms with Gasteiger partial charge in [0, 0.05) is 26.2 Å². The number of carbonyl (C=O) groups is 1. The first-order valence-corrected chi connectivity index (χ1v) is 9.18. The number of likely N-dealkylation sites (tertiary alicyclic amines) is 1. The summed E-state index contributed by atoms with van der Waals surface area (Å²) < 4.78 is 0. The van der Waals surface area contributed by atoms with Crippen molar-refractivity contribution < 1.29 is 4.79 Å². The Morgan fingerprint density at radius 1 is 1.21 bits per heavy atom. The largest absolute Gasteiger partial charge is 0.350 e. The monoisotopic (exact) mass is 324 g/mol. The van der Waals surface area contributed by atoms with Gasteiger partial charge in [0.15, 0.2) is 0 Å². The number of likely N-dealkylation sites (N-methyl/N-ethyl adjacent to an activating group) is 1. The third-order valence-corrected chi connectivity index (χ3v) is 6.88. The van der Waals surface area contributed by atoms with Crippen molar-refractivity contribution in [1.29, 1.82) is 0 Å². The zero-order valence-electron chi connectivity index (χ0n) is 15.4. The van der Waals surface area contributed by atoms with Gasteiger partial charge in [-0.3, -0.25) is 4.79 Å². The molecule has 2 fully saturated rings. The van der Waals surface area contributed by atoms with Gasteiger partial charge in [0.05, 0.1) is 5.41 Å². The van der Waals surface area contributed by atoms with Crippen LogP contribution in [0.4, 0.5) is 5.69 Å². The molecule has 0 unspecified atom stereocenters. The third kappa shape index (κ3) is 1.56. The van der Waals surface area contributed by atoms with Gasteiger partial charge in [0.25, 0.3) is 0 Å². The van der Waals surface area contributed by atoms with Gasteiger partial charge in [0.2, 0.25) is 5.91 Å². The summed E-state index contributed by atoms with van der Waals surface area (Å²) in [5.41, 5.74) is 6.37. The van der Waals surface area contributed by atoms with Gasteiger partial charge in [-0.2, -0.15) is 0 Å². The molecule has 1 aliphatic carbocycles. The van der Waals surface area contributed by atoms with Crippen molar-refractivity contribution in [1.82, 2.24) is 4.90 Å². The van der Waals surface area contributed by atoms with Gasteiger partial charge in [-0.25, -0.2) is 0 Å². The zero-order chi connectivity index (χ0) is 17.3. The molecule has 0 radical (unpaired) electrons. The van der Waals surface area contributed by atoms with Crippen molar-refractivity contribution in [3.05, 3.63) is 41.0 Å². The van der Waals surface area contributed by atoms with Crippen LogP contribution < -0.4 is 4.90 Å². The maximum atomic E-state index is 12.6. The van der Waals surface area contributed by atoms with Gasteiger partial charge in [-0.1, -0.05) is 18.2 Å². The molecule has 0 spiro atoms. The van der Waals surface area contributed by atoms with Crippen LogP contribution in [0.25, 0.3) is 0 Å². The molecule has 128 valence electrons. The Morgan fingerprint density at radius 3 is 2.67 bits per heavy atom. The van der Waals surface area contributed by atoms with Crippen LogP contribution in [0.15, 0.2) is 24.3 Å². The number of hydrogen-bond acceptors (Lipinski definition) is 2. The molecular weight excluding hydrogens is 296 g/mol. The predicted octanol–water partition coefficient (Wildman–Crippen LogP) is 4.07. The maximum Gasteiger partial charge on any atom is 0.221 e. The molecule has 0 N–H and O–H groups in total. The van der Waals surface area contributed by atoms with Crippen LogP contribution in [0.2, 0.25) is 0 Å². The highest BCUT2D eigenvalue weighted by molar-refractivity contribution is 5.81. The number of benzene rings is 1. The fourth-order valence-electron chi connectivity index (χ4n) is 6.15. The van der Waals surface area contributed by atoms with E-state index in [1.165, 1.54) is 34.4 Å². The number of amides is 1. The van der Waals surface area contributed by atoms with E-state index in [1.807, 2.05) is 0 Å². The third-order valence-electron chi connectivity index (χ3n) is 6.88. The molecule has 3 nitrogen and oxygen atoms in total. The number of rotatable bonds is 0. The van der Waals surface area contributed by atoms with Crippen LogP contribution in [-0.4, -0.2) is 30.1 Å². The average Bonchev–Trinajstić information content (AvgIpc) is 2.89. The topological polar surface area (TPSA) is 23.6 Å². The highest BCUT2D eigenvalue weighted by Crippen LogP contribution is 2.65. The number of nitrogens with zero attached hydrogens (tertiary/aromatic N) is 2. The molecule has 1 saturated carbocycles. The van der Waals surface area contributed by atoms with E-state index in [9.17, 15) is 4.79 Å². The minimum Gasteiger partial charge on any atom is -0.350 e. The number of carbonyl (C=O) groups excluding carboxylic acids is 1. The van der Waals surface area contributed by atoms with Gasteiger partial charge >= 0.3 is 0 Å². The highest BCUT2D eigenvalue weighted by atomic mass is 16.2. The van der Waals surface area contributed by atoms with E-state index in [2.05, 4.69) is 49.4 Å². The number of hydrogen-bond donors (Lipinski definition) is 0. The second kappa shape index (κ2) is 4.87. The Kier molecular flexibility index (Phi) is 3.20. The summed E-state index contributed by atoms with van der Waals surface area (Å²) in [6, 6.07) is 4.60. The molecule has 4 rings (SSSR count). The summed E-state index contributed by atoms with van der Waals surface area (Å²) >= 11 is 0. The van der Waals surface area contributed by atoms with E-state index in [0.29, 0.717) is 0 Å². The molecule has 1 aromatic carbocycles. The quantitative estimate of drug-likeness (QED) is 0.672. The molecule has 24 heavy (non-hydrogen) atoms. The highest BCUT2D eigenvalue weighted by Gasteiger charge is 2.69. The Balaban J connectivity index is 2.08. The Labute approximate surface area is 145 Å². The Morgan fingerprint density at radius 2 is 1.96 bits per heavy atom. The second-order valence-corrected chi connectivity index (χ2v) is 7.99. The van der Waals surface area contributed by atoms with Crippen LogP contribution in [0, 0.1) is 13.8 Å². The Hall–Kier alpha value is -1.77. The second-order valence-electron chi connectivity index (χ2n) is 7.99. The van der Waals surface area contributed by atoms with Gasteiger partial charge in [-0.15, -0.1) is 0 Å². The predicted molar refractivity (Wildman–Crippen MR) is 98.3 cm³/mol. The van der Waals surface area contributed by atoms with Gasteiger partial charge < -0.3 is 9.80 Å². The molecule has 2 atom stereocenters. The summed E-state index contributed by atoms with van der Waals surface area (Å²) in [5, 5.41) is 0. The number of fused-ring (bicyclic) bond motifs is 1. The van der Waals surface area contributed by atoms with Crippen molar-refractivity contribution in [3.63, 3.8) is 0 Å². The van der Waals surface area contributed by atoms with Crippen LogP contribution in [0.5, 0.6) is 0 Å². The van der Waals surface area contributed by atoms with Crippen LogP contribution in [-0.2, 0) is 10.2 Å². The van der Waals surface area contributed by atoms with E-state index in [1.54, 1.807) is 6.92 Å². The fraction of sp³-hybridized carbons (Fsp3) is 0.571. The maximum absolute atomic E-state index is 12.6. The molecule has 1 amide bonds. The molecule has 2 aliphatic heterocycles. The fourth-order valence-corrected chi connectivity index (χ4v) is 6.15. The Bertz CT molecular complexity index is 752. The first-order valence-electron chi connectivity index (χ1n) is 9.18. The van der Waals surface area contributed by atoms with Gasteiger partial charge in [-0.05, 0) is 68.7 Å². The van der Waals surface area contributed by atoms with Crippen LogP contribution in [0.1, 0.15) is 55.7 Å². The summed E-state index contributed by atoms with van der Waals surface area (Å²) in [6.45, 7) is 11.5. The molecule has 3 heteroatoms. The average molecular weight is 324 g/mol. The van der Waals surface area contributed by atoms with E-state index < -0.39 is 0 Å². The van der Waals surface area contributed by atoms with Crippen molar-refractivity contribution in [2.75, 3.05) is 18.5 Å². The van der Waals surface area contributed by atoms with Crippen LogP contribution >= 0.6 is 0 Å². The van der Waals surface area contributed by atoms with E-state index in [-0.39, 0.29) is 17.0 Å². The summed E-state index contributed by atoms with van der Waals surface area (Å²) in [5.74, 6) is 0.195. The van der Waals surface area contributed by atoms with Crippen molar-refractivity contribution in [2.45, 2.75) is 64.0 Å². The normalized spacial score (nSPS) is 31.6. The molecule has 3 aliphatic rings. The summed E-state index contributed by atoms with van der Waals surface area (Å²) in [6.07, 6.45) is 5.46. The van der Waals surface area contributed by atoms with Crippen molar-refractivity contribution in [2.24, 2.45) is 0 Å². The summed E-state index contributed by atoms with van der Waals surface area (Å²) in [7, 11) is 2.19. The van der Waals surface area contributed by atoms with E-state index in [0.717, 1.165) is 32.2 Å². The van der Waals surface area contributed by atoms with E-state index >= 15 is 0 Å². The molecule has 1 aromatic rings. The minimum absolute atomic E-state index is 0.100. The number of aryl methyl sites for hydroxylation is 2. The first-order chi connectivity index (χ1) is 11.4. The molecular formula is C21H28N2O. The van der Waals surface area contributed by atoms with Crippen LogP contribution in [0.3, 0.4) is 0 Å². The van der Waals surface area contributed by atoms with Gasteiger partial charge in [0.1, 0.15) is 5.66 Å². The summed E-state index contributed by atoms with van der Waals surface area (Å²) in [4.78, 5) is 17.1. The van der Waals surface area contributed by atoms with Crippen molar-refractivity contribution >= 4 is 11.6 Å². The molecule has 1 saturated heterocycles. The standard InChI is InChI=1S/C21H28N2O/c1-14-12-15(2)19-18(13-14)22(5)21-9-7-6-8-16(3)20(19,21)10-11-23(21)17(4)24/h12-13H,3,6-11H2,1-2,4-5H3/t20-,21+/m0/s1. The lowest BCUT2D eigenvalue weighted by molar-refractivity contribution is -0.133.